The van der Waals surface area contributed by atoms with Gasteiger partial charge in [-0.2, -0.15) is 4.73 Å². The monoisotopic (exact) mass is 511 g/mol. The molecule has 2 unspecified atom stereocenters. The van der Waals surface area contributed by atoms with E-state index in [1.54, 1.807) is 25.3 Å². The van der Waals surface area contributed by atoms with Crippen molar-refractivity contribution in [2.24, 2.45) is 4.99 Å². The number of nitrogens with zero attached hydrogens (tertiary/aromatic N) is 3. The third-order valence-electron chi connectivity index (χ3n) is 6.26. The lowest BCUT2D eigenvalue weighted by molar-refractivity contribution is -0.125. The molecule has 192 valence electrons. The number of hydrogen-bond acceptors (Lipinski definition) is 4. The Kier molecular flexibility index (Phi) is 9.27. The van der Waals surface area contributed by atoms with Gasteiger partial charge in [0.2, 0.25) is 0 Å². The van der Waals surface area contributed by atoms with Crippen LogP contribution in [0.25, 0.3) is 0 Å². The fourth-order valence-corrected chi connectivity index (χ4v) is 5.29. The average Bonchev–Trinajstić information content (AvgIpc) is 3.52. The Morgan fingerprint density at radius 1 is 1.33 bits per heavy atom. The topological polar surface area (TPSA) is 67.1 Å². The summed E-state index contributed by atoms with van der Waals surface area (Å²) in [7, 11) is 0.0631. The van der Waals surface area contributed by atoms with Crippen LogP contribution in [0.1, 0.15) is 56.4 Å². The minimum absolute atomic E-state index is 0.00746. The van der Waals surface area contributed by atoms with Crippen LogP contribution < -0.4 is 4.84 Å². The lowest BCUT2D eigenvalue weighted by Crippen LogP contribution is -2.27. The first kappa shape index (κ1) is 27.4. The van der Waals surface area contributed by atoms with E-state index in [4.69, 9.17) is 9.83 Å². The van der Waals surface area contributed by atoms with Gasteiger partial charge in [0, 0.05) is 30.2 Å². The Morgan fingerprint density at radius 3 is 2.64 bits per heavy atom. The van der Waals surface area contributed by atoms with Gasteiger partial charge in [-0.1, -0.05) is 40.8 Å². The molecule has 8 heteroatoms. The van der Waals surface area contributed by atoms with Gasteiger partial charge in [0.05, 0.1) is 5.71 Å². The highest BCUT2D eigenvalue weighted by Gasteiger charge is 2.23. The molecule has 1 aromatic heterocycles. The van der Waals surface area contributed by atoms with Crippen LogP contribution in [0.3, 0.4) is 0 Å². The number of hydrogen-bond donors (Lipinski definition) is 1. The highest BCUT2D eigenvalue weighted by atomic mass is 31.1. The third-order valence-corrected chi connectivity index (χ3v) is 7.59. The summed E-state index contributed by atoms with van der Waals surface area (Å²) >= 11 is 0. The zero-order chi connectivity index (χ0) is 26.4. The predicted molar refractivity (Wildman–Crippen MR) is 146 cm³/mol. The number of benzene rings is 1. The summed E-state index contributed by atoms with van der Waals surface area (Å²) in [5, 5.41) is 11.8. The summed E-state index contributed by atoms with van der Waals surface area (Å²) in [6.07, 6.45) is 7.36. The maximum Gasteiger partial charge on any atom is 0.253 e. The first-order valence-electron chi connectivity index (χ1n) is 12.2. The standard InChI is InChI=1S/C28H35FN3O3P/c1-7-21-12-13-22(29)26(33)25(21)19(5)35-32-17-14-18(4)27(32)30-23(8-2)24(9-3)36-20(6)28(34)31-15-10-11-16-31/h8-9,12-14,17,19,33,36H,2,6-7,10-11,15-16H2,1,3-5H3/b24-9-,30-23+. The van der Waals surface area contributed by atoms with Gasteiger partial charge in [0.1, 0.15) is 0 Å². The van der Waals surface area contributed by atoms with Crippen LogP contribution in [0.15, 0.2) is 65.3 Å². The molecule has 2 atom stereocenters. The molecule has 1 aliphatic heterocycles. The molecule has 2 heterocycles. The lowest BCUT2D eigenvalue weighted by atomic mass is 10.00. The van der Waals surface area contributed by atoms with E-state index in [0.29, 0.717) is 28.8 Å². The Balaban J connectivity index is 1.87. The van der Waals surface area contributed by atoms with Gasteiger partial charge in [0.25, 0.3) is 5.91 Å². The van der Waals surface area contributed by atoms with Crippen molar-refractivity contribution >= 4 is 26.0 Å². The van der Waals surface area contributed by atoms with Crippen molar-refractivity contribution in [1.82, 2.24) is 9.63 Å². The van der Waals surface area contributed by atoms with Crippen molar-refractivity contribution in [2.75, 3.05) is 13.1 Å². The summed E-state index contributed by atoms with van der Waals surface area (Å²) in [6, 6.07) is 4.79. The molecule has 1 fully saturated rings. The number of carbonyl (C=O) groups excluding carboxylic acids is 1. The molecule has 0 aliphatic carbocycles. The van der Waals surface area contributed by atoms with Gasteiger partial charge < -0.3 is 14.8 Å². The second-order valence-electron chi connectivity index (χ2n) is 8.72. The fraction of sp³-hybridized carbons (Fsp3) is 0.357. The van der Waals surface area contributed by atoms with E-state index in [0.717, 1.165) is 42.4 Å². The molecule has 1 aliphatic rings. The van der Waals surface area contributed by atoms with Crippen LogP contribution in [-0.2, 0) is 11.2 Å². The smallest absolute Gasteiger partial charge is 0.253 e. The summed E-state index contributed by atoms with van der Waals surface area (Å²) in [6.45, 7) is 17.1. The zero-order valence-electron chi connectivity index (χ0n) is 21.5. The Labute approximate surface area is 214 Å². The second-order valence-corrected chi connectivity index (χ2v) is 10.1. The van der Waals surface area contributed by atoms with Crippen molar-refractivity contribution in [3.8, 4) is 5.75 Å². The van der Waals surface area contributed by atoms with E-state index in [2.05, 4.69) is 13.2 Å². The van der Waals surface area contributed by atoms with Gasteiger partial charge in [-0.05, 0) is 74.7 Å². The van der Waals surface area contributed by atoms with E-state index >= 15 is 0 Å². The molecular formula is C28H35FN3O3P. The molecule has 0 bridgehead atoms. The number of phenols is 1. The molecule has 1 saturated heterocycles. The summed E-state index contributed by atoms with van der Waals surface area (Å²) in [5.74, 6) is -0.546. The number of likely N-dealkylation sites (tertiary alicyclic amines) is 1. The van der Waals surface area contributed by atoms with Crippen LogP contribution in [0.5, 0.6) is 5.75 Å². The van der Waals surface area contributed by atoms with E-state index in [-0.39, 0.29) is 14.5 Å². The van der Waals surface area contributed by atoms with Gasteiger partial charge in [-0.25, -0.2) is 9.38 Å². The van der Waals surface area contributed by atoms with Crippen molar-refractivity contribution in [2.45, 2.75) is 53.1 Å². The van der Waals surface area contributed by atoms with Crippen molar-refractivity contribution in [1.29, 1.82) is 0 Å². The number of amides is 1. The predicted octanol–water partition coefficient (Wildman–Crippen LogP) is 6.37. The molecule has 0 radical (unpaired) electrons. The Morgan fingerprint density at radius 2 is 2.03 bits per heavy atom. The number of rotatable bonds is 10. The first-order chi connectivity index (χ1) is 17.2. The summed E-state index contributed by atoms with van der Waals surface area (Å²) in [4.78, 5) is 25.6. The SMILES string of the molecule is C=CC(=N\c1c(C)ccn1OC(C)c1c(CC)ccc(F)c1O)/C(=C/C)PC(=C)C(=O)N1CCCC1. The fourth-order valence-electron chi connectivity index (χ4n) is 4.27. The largest absolute Gasteiger partial charge is 0.505 e. The van der Waals surface area contributed by atoms with Gasteiger partial charge in [-0.3, -0.25) is 4.79 Å². The van der Waals surface area contributed by atoms with Crippen LogP contribution in [0.2, 0.25) is 0 Å². The molecule has 3 rings (SSSR count). The van der Waals surface area contributed by atoms with E-state index in [1.807, 2.05) is 37.8 Å². The first-order valence-corrected chi connectivity index (χ1v) is 13.2. The maximum atomic E-state index is 14.1. The molecule has 36 heavy (non-hydrogen) atoms. The van der Waals surface area contributed by atoms with E-state index in [9.17, 15) is 14.3 Å². The number of aromatic hydroxyl groups is 1. The molecule has 2 aromatic rings. The lowest BCUT2D eigenvalue weighted by Gasteiger charge is -2.21. The van der Waals surface area contributed by atoms with Gasteiger partial charge in [0.15, 0.2) is 23.5 Å². The molecule has 1 amide bonds. The van der Waals surface area contributed by atoms with Crippen LogP contribution >= 0.6 is 8.58 Å². The summed E-state index contributed by atoms with van der Waals surface area (Å²) in [5.41, 5.74) is 2.70. The third kappa shape index (κ3) is 5.96. The van der Waals surface area contributed by atoms with Crippen LogP contribution in [0.4, 0.5) is 10.2 Å². The molecule has 6 nitrogen and oxygen atoms in total. The number of halogens is 1. The van der Waals surface area contributed by atoms with Crippen molar-refractivity contribution in [3.05, 3.63) is 82.8 Å². The number of aromatic nitrogens is 1. The molecule has 0 spiro atoms. The average molecular weight is 512 g/mol. The number of aliphatic imine (C=N–C) groups is 1. The van der Waals surface area contributed by atoms with E-state index in [1.165, 1.54) is 10.8 Å². The van der Waals surface area contributed by atoms with Crippen molar-refractivity contribution < 1.29 is 19.1 Å². The molecule has 0 saturated carbocycles. The van der Waals surface area contributed by atoms with E-state index < -0.39 is 17.7 Å². The van der Waals surface area contributed by atoms with Crippen LogP contribution in [-0.4, -0.2) is 39.4 Å². The molecular weight excluding hydrogens is 476 g/mol. The quantitative estimate of drug-likeness (QED) is 0.229. The Hall–Kier alpha value is -3.18. The summed E-state index contributed by atoms with van der Waals surface area (Å²) < 4.78 is 15.6. The van der Waals surface area contributed by atoms with Crippen molar-refractivity contribution in [3.63, 3.8) is 0 Å². The van der Waals surface area contributed by atoms with Gasteiger partial charge in [-0.15, -0.1) is 0 Å². The molecule has 1 N–H and O–H groups in total. The minimum Gasteiger partial charge on any atom is -0.505 e. The normalized spacial score (nSPS) is 15.5. The van der Waals surface area contributed by atoms with Crippen LogP contribution in [0, 0.1) is 12.7 Å². The number of carbonyl (C=O) groups is 1. The highest BCUT2D eigenvalue weighted by molar-refractivity contribution is 7.51. The second kappa shape index (κ2) is 12.2. The number of aryl methyl sites for hydroxylation is 2. The Bertz CT molecular complexity index is 1210. The number of allylic oxidation sites excluding steroid dienone is 3. The molecule has 1 aromatic carbocycles. The highest BCUT2D eigenvalue weighted by Crippen LogP contribution is 2.37. The van der Waals surface area contributed by atoms with Gasteiger partial charge >= 0.3 is 0 Å². The maximum absolute atomic E-state index is 14.1. The zero-order valence-corrected chi connectivity index (χ0v) is 22.5. The number of phenolic OH excluding ortho intramolecular Hbond substituents is 1. The minimum atomic E-state index is -0.684.